The van der Waals surface area contributed by atoms with Gasteiger partial charge in [-0.25, -0.2) is 15.8 Å². The number of hydrogen-bond donors (Lipinski definition) is 3. The molecule has 1 aliphatic carbocycles. The summed E-state index contributed by atoms with van der Waals surface area (Å²) in [4.78, 5) is 8.64. The number of anilines is 2. The van der Waals surface area contributed by atoms with E-state index in [1.165, 1.54) is 19.3 Å². The first-order valence-corrected chi connectivity index (χ1v) is 7.72. The normalized spacial score (nSPS) is 26.3. The maximum atomic E-state index is 5.56. The Kier molecular flexibility index (Phi) is 5.17. The molecule has 1 heterocycles. The Morgan fingerprint density at radius 3 is 2.60 bits per heavy atom. The molecule has 0 saturated heterocycles. The molecule has 0 aliphatic heterocycles. The molecule has 5 heteroatoms. The molecule has 3 unspecified atom stereocenters. The molecule has 3 atom stereocenters. The molecule has 1 aromatic heterocycles. The maximum absolute atomic E-state index is 5.56. The van der Waals surface area contributed by atoms with Gasteiger partial charge in [-0.1, -0.05) is 27.2 Å². The second-order valence-electron chi connectivity index (χ2n) is 6.05. The molecular formula is C15H27N5. The predicted octanol–water partition coefficient (Wildman–Crippen LogP) is 2.95. The van der Waals surface area contributed by atoms with E-state index in [0.29, 0.717) is 6.04 Å². The number of nitrogens with zero attached hydrogens (tertiary/aromatic N) is 2. The zero-order valence-corrected chi connectivity index (χ0v) is 12.8. The van der Waals surface area contributed by atoms with Gasteiger partial charge in [0.15, 0.2) is 0 Å². The van der Waals surface area contributed by atoms with Crippen LogP contribution in [-0.4, -0.2) is 16.0 Å². The average Bonchev–Trinajstić information content (AvgIpc) is 2.45. The molecule has 1 aliphatic rings. The van der Waals surface area contributed by atoms with E-state index in [2.05, 4.69) is 41.5 Å². The third-order valence-electron chi connectivity index (χ3n) is 4.52. The first-order valence-electron chi connectivity index (χ1n) is 7.72. The zero-order chi connectivity index (χ0) is 14.5. The van der Waals surface area contributed by atoms with E-state index in [0.717, 1.165) is 41.9 Å². The standard InChI is InChI=1S/C15H27N5/c1-4-5-13-14(17-9-18-15(13)20-16)19-12-7-6-10(2)11(3)8-12/h9-12H,4-8,16H2,1-3H3,(H2,17,18,19,20). The van der Waals surface area contributed by atoms with Crippen LogP contribution in [0.4, 0.5) is 11.6 Å². The Balaban J connectivity index is 2.12. The number of hydrazine groups is 1. The van der Waals surface area contributed by atoms with Crippen LogP contribution in [0.2, 0.25) is 0 Å². The van der Waals surface area contributed by atoms with Crippen molar-refractivity contribution in [2.45, 2.75) is 58.9 Å². The molecule has 2 rings (SSSR count). The molecule has 0 aromatic carbocycles. The van der Waals surface area contributed by atoms with Gasteiger partial charge in [-0.3, -0.25) is 0 Å². The van der Waals surface area contributed by atoms with Gasteiger partial charge in [0.05, 0.1) is 0 Å². The lowest BCUT2D eigenvalue weighted by Gasteiger charge is -2.33. The molecule has 4 N–H and O–H groups in total. The molecule has 0 amide bonds. The first-order chi connectivity index (χ1) is 9.65. The highest BCUT2D eigenvalue weighted by Crippen LogP contribution is 2.32. The van der Waals surface area contributed by atoms with Gasteiger partial charge in [0.1, 0.15) is 18.0 Å². The quantitative estimate of drug-likeness (QED) is 0.570. The van der Waals surface area contributed by atoms with Crippen molar-refractivity contribution >= 4 is 11.6 Å². The van der Waals surface area contributed by atoms with Crippen molar-refractivity contribution < 1.29 is 0 Å². The lowest BCUT2D eigenvalue weighted by atomic mass is 9.79. The summed E-state index contributed by atoms with van der Waals surface area (Å²) in [6, 6.07) is 0.511. The van der Waals surface area contributed by atoms with Gasteiger partial charge < -0.3 is 10.7 Å². The fourth-order valence-electron chi connectivity index (χ4n) is 3.02. The number of aromatic nitrogens is 2. The van der Waals surface area contributed by atoms with Crippen molar-refractivity contribution in [2.24, 2.45) is 17.7 Å². The van der Waals surface area contributed by atoms with Crippen LogP contribution < -0.4 is 16.6 Å². The Morgan fingerprint density at radius 1 is 1.20 bits per heavy atom. The lowest BCUT2D eigenvalue weighted by Crippen LogP contribution is -2.31. The van der Waals surface area contributed by atoms with Crippen LogP contribution in [0, 0.1) is 11.8 Å². The number of nitrogens with one attached hydrogen (secondary N) is 2. The van der Waals surface area contributed by atoms with Gasteiger partial charge in [-0.15, -0.1) is 0 Å². The van der Waals surface area contributed by atoms with Gasteiger partial charge in [0, 0.05) is 11.6 Å². The Bertz CT molecular complexity index is 434. The topological polar surface area (TPSA) is 75.9 Å². The third kappa shape index (κ3) is 3.39. The van der Waals surface area contributed by atoms with E-state index in [4.69, 9.17) is 5.84 Å². The summed E-state index contributed by atoms with van der Waals surface area (Å²) in [5, 5.41) is 3.61. The largest absolute Gasteiger partial charge is 0.367 e. The van der Waals surface area contributed by atoms with Crippen molar-refractivity contribution in [1.29, 1.82) is 0 Å². The van der Waals surface area contributed by atoms with E-state index in [9.17, 15) is 0 Å². The fourth-order valence-corrected chi connectivity index (χ4v) is 3.02. The highest BCUT2D eigenvalue weighted by molar-refractivity contribution is 5.57. The van der Waals surface area contributed by atoms with Crippen molar-refractivity contribution in [3.8, 4) is 0 Å². The van der Waals surface area contributed by atoms with E-state index in [1.807, 2.05) is 0 Å². The summed E-state index contributed by atoms with van der Waals surface area (Å²) in [5.74, 6) is 8.84. The highest BCUT2D eigenvalue weighted by atomic mass is 15.3. The summed E-state index contributed by atoms with van der Waals surface area (Å²) in [7, 11) is 0. The monoisotopic (exact) mass is 277 g/mol. The van der Waals surface area contributed by atoms with Gasteiger partial charge in [-0.05, 0) is 37.5 Å². The van der Waals surface area contributed by atoms with Crippen LogP contribution in [0.25, 0.3) is 0 Å². The second kappa shape index (κ2) is 6.88. The van der Waals surface area contributed by atoms with Crippen LogP contribution >= 0.6 is 0 Å². The molecule has 0 spiro atoms. The molecule has 1 aromatic rings. The van der Waals surface area contributed by atoms with Crippen molar-refractivity contribution in [2.75, 3.05) is 10.7 Å². The molecule has 20 heavy (non-hydrogen) atoms. The van der Waals surface area contributed by atoms with E-state index in [-0.39, 0.29) is 0 Å². The van der Waals surface area contributed by atoms with Gasteiger partial charge in [-0.2, -0.15) is 0 Å². The molecule has 0 bridgehead atoms. The van der Waals surface area contributed by atoms with Crippen molar-refractivity contribution in [1.82, 2.24) is 9.97 Å². The number of rotatable bonds is 5. The van der Waals surface area contributed by atoms with E-state index < -0.39 is 0 Å². The van der Waals surface area contributed by atoms with Crippen LogP contribution in [-0.2, 0) is 6.42 Å². The van der Waals surface area contributed by atoms with Crippen LogP contribution in [0.15, 0.2) is 6.33 Å². The van der Waals surface area contributed by atoms with Crippen LogP contribution in [0.3, 0.4) is 0 Å². The lowest BCUT2D eigenvalue weighted by molar-refractivity contribution is 0.260. The second-order valence-corrected chi connectivity index (χ2v) is 6.05. The van der Waals surface area contributed by atoms with Crippen LogP contribution in [0.1, 0.15) is 52.0 Å². The molecule has 112 valence electrons. The van der Waals surface area contributed by atoms with E-state index in [1.54, 1.807) is 6.33 Å². The van der Waals surface area contributed by atoms with Gasteiger partial charge in [0.25, 0.3) is 0 Å². The first kappa shape index (κ1) is 15.0. The molecule has 5 nitrogen and oxygen atoms in total. The van der Waals surface area contributed by atoms with Crippen molar-refractivity contribution in [3.05, 3.63) is 11.9 Å². The number of hydrogen-bond acceptors (Lipinski definition) is 5. The minimum Gasteiger partial charge on any atom is -0.367 e. The summed E-state index contributed by atoms with van der Waals surface area (Å²) in [6.07, 6.45) is 7.27. The van der Waals surface area contributed by atoms with Crippen molar-refractivity contribution in [3.63, 3.8) is 0 Å². The minimum atomic E-state index is 0.511. The molecule has 1 fully saturated rings. The number of nitrogens with two attached hydrogens (primary N) is 1. The maximum Gasteiger partial charge on any atom is 0.148 e. The predicted molar refractivity (Wildman–Crippen MR) is 83.4 cm³/mol. The Morgan fingerprint density at radius 2 is 1.95 bits per heavy atom. The smallest absolute Gasteiger partial charge is 0.148 e. The molecule has 0 radical (unpaired) electrons. The average molecular weight is 277 g/mol. The van der Waals surface area contributed by atoms with Gasteiger partial charge >= 0.3 is 0 Å². The highest BCUT2D eigenvalue weighted by Gasteiger charge is 2.25. The summed E-state index contributed by atoms with van der Waals surface area (Å²) >= 11 is 0. The van der Waals surface area contributed by atoms with Gasteiger partial charge in [0.2, 0.25) is 0 Å². The Hall–Kier alpha value is -1.36. The SMILES string of the molecule is CCCc1c(NN)ncnc1NC1CCC(C)C(C)C1. The fraction of sp³-hybridized carbons (Fsp3) is 0.733. The van der Waals surface area contributed by atoms with E-state index >= 15 is 0 Å². The third-order valence-corrected chi connectivity index (χ3v) is 4.52. The zero-order valence-electron chi connectivity index (χ0n) is 12.8. The van der Waals surface area contributed by atoms with Crippen LogP contribution in [0.5, 0.6) is 0 Å². The summed E-state index contributed by atoms with van der Waals surface area (Å²) in [6.45, 7) is 6.85. The Labute approximate surface area is 121 Å². The minimum absolute atomic E-state index is 0.511. The number of nitrogen functional groups attached to an aromatic ring is 1. The molecular weight excluding hydrogens is 250 g/mol. The summed E-state index contributed by atoms with van der Waals surface area (Å²) in [5.41, 5.74) is 3.78. The molecule has 1 saturated carbocycles. The summed E-state index contributed by atoms with van der Waals surface area (Å²) < 4.78 is 0.